The number of rotatable bonds is 12. The minimum Gasteiger partial charge on any atom is -0.396 e. The van der Waals surface area contributed by atoms with Crippen molar-refractivity contribution in [3.8, 4) is 0 Å². The number of unbranched alkanes of at least 4 members (excludes halogenated alkanes) is 2. The van der Waals surface area contributed by atoms with E-state index in [1.54, 1.807) is 0 Å². The Morgan fingerprint density at radius 1 is 0.905 bits per heavy atom. The maximum atomic E-state index is 11.5. The molecule has 1 heterocycles. The molecule has 0 radical (unpaired) electrons. The Labute approximate surface area is 124 Å². The van der Waals surface area contributed by atoms with Crippen molar-refractivity contribution >= 4 is 11.8 Å². The summed E-state index contributed by atoms with van der Waals surface area (Å²) in [6.45, 7) is 1.00. The Bertz CT molecular complexity index is 327. The molecule has 120 valence electrons. The summed E-state index contributed by atoms with van der Waals surface area (Å²) in [5, 5.41) is 17.4. The van der Waals surface area contributed by atoms with E-state index in [1.807, 2.05) is 0 Å². The van der Waals surface area contributed by atoms with E-state index in [2.05, 4.69) is 0 Å². The molecule has 0 bridgehead atoms. The van der Waals surface area contributed by atoms with Crippen LogP contribution in [0.4, 0.5) is 0 Å². The number of nitrogens with zero attached hydrogens (tertiary/aromatic N) is 1. The first-order valence-corrected chi connectivity index (χ1v) is 7.17. The summed E-state index contributed by atoms with van der Waals surface area (Å²) in [7, 11) is 0. The molecule has 0 fully saturated rings. The minimum atomic E-state index is -0.685. The van der Waals surface area contributed by atoms with Crippen LogP contribution in [0.15, 0.2) is 12.2 Å². The van der Waals surface area contributed by atoms with Crippen molar-refractivity contribution in [1.82, 2.24) is 4.90 Å². The fraction of sp³-hybridized carbons (Fsp3) is 0.714. The van der Waals surface area contributed by atoms with Gasteiger partial charge in [0.05, 0.1) is 6.54 Å². The van der Waals surface area contributed by atoms with Gasteiger partial charge in [0, 0.05) is 38.6 Å². The van der Waals surface area contributed by atoms with Crippen LogP contribution >= 0.6 is 0 Å². The van der Waals surface area contributed by atoms with Crippen molar-refractivity contribution < 1.29 is 29.3 Å². The van der Waals surface area contributed by atoms with Crippen LogP contribution in [0, 0.1) is 0 Å². The van der Waals surface area contributed by atoms with Gasteiger partial charge in [-0.3, -0.25) is 14.5 Å². The summed E-state index contributed by atoms with van der Waals surface area (Å²) in [4.78, 5) is 24.1. The Kier molecular flexibility index (Phi) is 8.84. The molecule has 0 unspecified atom stereocenters. The Morgan fingerprint density at radius 2 is 1.38 bits per heavy atom. The third-order valence-electron chi connectivity index (χ3n) is 2.94. The molecule has 0 saturated heterocycles. The fourth-order valence-electron chi connectivity index (χ4n) is 1.77. The first-order valence-electron chi connectivity index (χ1n) is 7.17. The topological polar surface area (TPSA) is 96.3 Å². The molecule has 1 rings (SSSR count). The number of hydrogen-bond acceptors (Lipinski definition) is 6. The third-order valence-corrected chi connectivity index (χ3v) is 2.94. The average Bonchev–Trinajstić information content (AvgIpc) is 2.79. The zero-order valence-electron chi connectivity index (χ0n) is 12.1. The third kappa shape index (κ3) is 6.81. The summed E-state index contributed by atoms with van der Waals surface area (Å²) in [6, 6.07) is 0. The van der Waals surface area contributed by atoms with Gasteiger partial charge in [0.2, 0.25) is 0 Å². The molecule has 0 aromatic rings. The Balaban J connectivity index is 2.38. The molecule has 0 saturated carbocycles. The number of carbonyl (C=O) groups excluding carboxylic acids is 2. The molecule has 1 aliphatic heterocycles. The number of amides is 2. The van der Waals surface area contributed by atoms with Gasteiger partial charge in [-0.2, -0.15) is 0 Å². The quantitative estimate of drug-likeness (QED) is 0.295. The average molecular weight is 301 g/mol. The SMILES string of the molecule is O=C1C=CC(=O)N1CC(OCCCCO)OCCCCO. The molecule has 0 aromatic heterocycles. The van der Waals surface area contributed by atoms with Crippen LogP contribution in [-0.2, 0) is 19.1 Å². The van der Waals surface area contributed by atoms with E-state index < -0.39 is 6.29 Å². The molecule has 7 heteroatoms. The van der Waals surface area contributed by atoms with Gasteiger partial charge < -0.3 is 19.7 Å². The Hall–Kier alpha value is -1.28. The summed E-state index contributed by atoms with van der Waals surface area (Å²) in [6.07, 6.45) is 4.35. The highest BCUT2D eigenvalue weighted by atomic mass is 16.7. The first-order chi connectivity index (χ1) is 10.2. The molecule has 0 aromatic carbocycles. The van der Waals surface area contributed by atoms with Crippen molar-refractivity contribution in [1.29, 1.82) is 0 Å². The number of carbonyl (C=O) groups is 2. The van der Waals surface area contributed by atoms with E-state index in [9.17, 15) is 9.59 Å². The van der Waals surface area contributed by atoms with Crippen molar-refractivity contribution in [2.24, 2.45) is 0 Å². The van der Waals surface area contributed by atoms with Crippen LogP contribution in [0.5, 0.6) is 0 Å². The van der Waals surface area contributed by atoms with Gasteiger partial charge in [-0.15, -0.1) is 0 Å². The lowest BCUT2D eigenvalue weighted by molar-refractivity contribution is -0.165. The Morgan fingerprint density at radius 3 is 1.81 bits per heavy atom. The van der Waals surface area contributed by atoms with E-state index in [4.69, 9.17) is 19.7 Å². The van der Waals surface area contributed by atoms with E-state index in [0.29, 0.717) is 38.9 Å². The van der Waals surface area contributed by atoms with Gasteiger partial charge in [0.1, 0.15) is 0 Å². The molecular formula is C14H23NO6. The van der Waals surface area contributed by atoms with Crippen molar-refractivity contribution in [2.45, 2.75) is 32.0 Å². The molecule has 2 amide bonds. The second kappa shape index (κ2) is 10.4. The molecule has 0 spiro atoms. The van der Waals surface area contributed by atoms with E-state index in [1.165, 1.54) is 12.2 Å². The fourth-order valence-corrected chi connectivity index (χ4v) is 1.77. The van der Waals surface area contributed by atoms with Crippen LogP contribution in [0.3, 0.4) is 0 Å². The number of hydrogen-bond donors (Lipinski definition) is 2. The first kappa shape index (κ1) is 17.8. The number of aliphatic hydroxyl groups excluding tert-OH is 2. The van der Waals surface area contributed by atoms with Crippen LogP contribution in [-0.4, -0.2) is 66.2 Å². The predicted molar refractivity (Wildman–Crippen MR) is 74.2 cm³/mol. The van der Waals surface area contributed by atoms with E-state index in [-0.39, 0.29) is 31.6 Å². The maximum Gasteiger partial charge on any atom is 0.253 e. The molecule has 0 atom stereocenters. The lowest BCUT2D eigenvalue weighted by Gasteiger charge is -2.23. The molecule has 0 aliphatic carbocycles. The minimum absolute atomic E-state index is 0.0446. The zero-order valence-corrected chi connectivity index (χ0v) is 12.1. The molecular weight excluding hydrogens is 278 g/mol. The van der Waals surface area contributed by atoms with Gasteiger partial charge in [-0.05, 0) is 25.7 Å². The van der Waals surface area contributed by atoms with E-state index in [0.717, 1.165) is 4.90 Å². The summed E-state index contributed by atoms with van der Waals surface area (Å²) < 4.78 is 11.0. The highest BCUT2D eigenvalue weighted by molar-refractivity contribution is 6.12. The summed E-state index contributed by atoms with van der Waals surface area (Å²) in [5.41, 5.74) is 0. The standard InChI is InChI=1S/C14H23NO6/c16-7-1-3-9-20-14(21-10-4-2-8-17)11-15-12(18)5-6-13(15)19/h5-6,14,16-17H,1-4,7-11H2. The van der Waals surface area contributed by atoms with Crippen LogP contribution in [0.25, 0.3) is 0 Å². The summed E-state index contributed by atoms with van der Waals surface area (Å²) >= 11 is 0. The molecule has 1 aliphatic rings. The van der Waals surface area contributed by atoms with Gasteiger partial charge in [-0.25, -0.2) is 0 Å². The highest BCUT2D eigenvalue weighted by Gasteiger charge is 2.27. The number of ether oxygens (including phenoxy) is 2. The molecule has 2 N–H and O–H groups in total. The van der Waals surface area contributed by atoms with Gasteiger partial charge >= 0.3 is 0 Å². The van der Waals surface area contributed by atoms with Crippen LogP contribution in [0.1, 0.15) is 25.7 Å². The predicted octanol–water partition coefficient (Wildman–Crippen LogP) is -0.184. The monoisotopic (exact) mass is 301 g/mol. The second-order valence-electron chi connectivity index (χ2n) is 4.65. The normalized spacial score (nSPS) is 14.7. The largest absolute Gasteiger partial charge is 0.396 e. The zero-order chi connectivity index (χ0) is 15.5. The summed E-state index contributed by atoms with van der Waals surface area (Å²) in [5.74, 6) is -0.745. The van der Waals surface area contributed by atoms with Crippen LogP contribution < -0.4 is 0 Å². The van der Waals surface area contributed by atoms with Gasteiger partial charge in [0.15, 0.2) is 6.29 Å². The number of aliphatic hydroxyl groups is 2. The van der Waals surface area contributed by atoms with Gasteiger partial charge in [-0.1, -0.05) is 0 Å². The maximum absolute atomic E-state index is 11.5. The smallest absolute Gasteiger partial charge is 0.253 e. The van der Waals surface area contributed by atoms with Gasteiger partial charge in [0.25, 0.3) is 11.8 Å². The molecule has 21 heavy (non-hydrogen) atoms. The lowest BCUT2D eigenvalue weighted by atomic mass is 10.3. The van der Waals surface area contributed by atoms with Crippen LogP contribution in [0.2, 0.25) is 0 Å². The lowest BCUT2D eigenvalue weighted by Crippen LogP contribution is -2.39. The van der Waals surface area contributed by atoms with Crippen molar-refractivity contribution in [2.75, 3.05) is 33.0 Å². The molecule has 7 nitrogen and oxygen atoms in total. The second-order valence-corrected chi connectivity index (χ2v) is 4.65. The van der Waals surface area contributed by atoms with Crippen molar-refractivity contribution in [3.63, 3.8) is 0 Å². The van der Waals surface area contributed by atoms with E-state index >= 15 is 0 Å². The van der Waals surface area contributed by atoms with Crippen molar-refractivity contribution in [3.05, 3.63) is 12.2 Å². The highest BCUT2D eigenvalue weighted by Crippen LogP contribution is 2.09. The number of imide groups is 1.